The average molecular weight is 470 g/mol. The van der Waals surface area contributed by atoms with E-state index in [4.69, 9.17) is 4.74 Å². The number of ketones is 1. The summed E-state index contributed by atoms with van der Waals surface area (Å²) in [5, 5.41) is 20.2. The Labute approximate surface area is 199 Å². The van der Waals surface area contributed by atoms with E-state index in [9.17, 15) is 14.7 Å². The van der Waals surface area contributed by atoms with E-state index < -0.39 is 17.7 Å². The lowest BCUT2D eigenvalue weighted by Gasteiger charge is -2.23. The highest BCUT2D eigenvalue weighted by Crippen LogP contribution is 2.43. The Bertz CT molecular complexity index is 1400. The lowest BCUT2D eigenvalue weighted by molar-refractivity contribution is -0.132. The number of aryl methyl sites for hydroxylation is 1. The van der Waals surface area contributed by atoms with Crippen molar-refractivity contribution in [2.24, 2.45) is 0 Å². The van der Waals surface area contributed by atoms with Crippen LogP contribution in [0.2, 0.25) is 0 Å². The lowest BCUT2D eigenvalue weighted by Crippen LogP contribution is -2.29. The Morgan fingerprint density at radius 2 is 1.59 bits per heavy atom. The molecule has 168 valence electrons. The van der Waals surface area contributed by atoms with Crippen LogP contribution in [0.25, 0.3) is 5.76 Å². The van der Waals surface area contributed by atoms with Crippen LogP contribution in [-0.2, 0) is 9.59 Å². The molecule has 2 heterocycles. The number of benzene rings is 3. The number of ether oxygens (including phenoxy) is 1. The lowest BCUT2D eigenvalue weighted by atomic mass is 9.95. The molecule has 34 heavy (non-hydrogen) atoms. The highest BCUT2D eigenvalue weighted by molar-refractivity contribution is 7.15. The fourth-order valence-corrected chi connectivity index (χ4v) is 4.57. The molecule has 0 aliphatic carbocycles. The van der Waals surface area contributed by atoms with Gasteiger partial charge in [0.05, 0.1) is 11.6 Å². The van der Waals surface area contributed by atoms with E-state index in [-0.39, 0.29) is 16.5 Å². The number of hydrogen-bond donors (Lipinski definition) is 1. The second-order valence-corrected chi connectivity index (χ2v) is 8.79. The van der Waals surface area contributed by atoms with Gasteiger partial charge in [-0.3, -0.25) is 14.5 Å². The summed E-state index contributed by atoms with van der Waals surface area (Å²) >= 11 is 1.20. The SMILES string of the molecule is Cc1nnc(N2C(=O)C(=O)/C(=C(/O)c3ccccc3)C2c2cccc(Oc3ccccc3)c2)s1. The van der Waals surface area contributed by atoms with E-state index >= 15 is 0 Å². The van der Waals surface area contributed by atoms with Gasteiger partial charge in [0.2, 0.25) is 5.13 Å². The summed E-state index contributed by atoms with van der Waals surface area (Å²) in [5.41, 5.74) is 1.02. The maximum atomic E-state index is 13.2. The van der Waals surface area contributed by atoms with Gasteiger partial charge in [-0.25, -0.2) is 0 Å². The number of amides is 1. The van der Waals surface area contributed by atoms with Crippen LogP contribution in [0.15, 0.2) is 90.5 Å². The Balaban J connectivity index is 1.66. The molecule has 3 aromatic carbocycles. The van der Waals surface area contributed by atoms with Gasteiger partial charge < -0.3 is 9.84 Å². The maximum Gasteiger partial charge on any atom is 0.301 e. The first-order valence-corrected chi connectivity index (χ1v) is 11.3. The summed E-state index contributed by atoms with van der Waals surface area (Å²) in [6.07, 6.45) is 0. The van der Waals surface area contributed by atoms with Crippen molar-refractivity contribution in [1.82, 2.24) is 10.2 Å². The molecule has 1 fully saturated rings. The molecule has 8 heteroatoms. The van der Waals surface area contributed by atoms with E-state index in [1.807, 2.05) is 30.3 Å². The maximum absolute atomic E-state index is 13.2. The Morgan fingerprint density at radius 3 is 2.26 bits per heavy atom. The zero-order valence-electron chi connectivity index (χ0n) is 18.1. The Morgan fingerprint density at radius 1 is 0.912 bits per heavy atom. The Hall–Kier alpha value is -4.30. The summed E-state index contributed by atoms with van der Waals surface area (Å²) in [5.74, 6) is -0.621. The molecule has 1 unspecified atom stereocenters. The quantitative estimate of drug-likeness (QED) is 0.243. The van der Waals surface area contributed by atoms with Crippen molar-refractivity contribution in [1.29, 1.82) is 0 Å². The molecule has 0 bridgehead atoms. The van der Waals surface area contributed by atoms with Gasteiger partial charge in [0.1, 0.15) is 22.3 Å². The van der Waals surface area contributed by atoms with Gasteiger partial charge in [-0.05, 0) is 36.8 Å². The van der Waals surface area contributed by atoms with Crippen LogP contribution in [0.5, 0.6) is 11.5 Å². The van der Waals surface area contributed by atoms with E-state index in [2.05, 4.69) is 10.2 Å². The number of carbonyl (C=O) groups excluding carboxylic acids is 2. The first-order chi connectivity index (χ1) is 16.5. The van der Waals surface area contributed by atoms with Gasteiger partial charge in [0.15, 0.2) is 0 Å². The van der Waals surface area contributed by atoms with Crippen molar-refractivity contribution < 1.29 is 19.4 Å². The molecule has 1 aliphatic rings. The summed E-state index contributed by atoms with van der Waals surface area (Å²) in [6.45, 7) is 1.77. The molecule has 5 rings (SSSR count). The van der Waals surface area contributed by atoms with Crippen molar-refractivity contribution >= 4 is 33.9 Å². The van der Waals surface area contributed by atoms with Crippen LogP contribution >= 0.6 is 11.3 Å². The molecule has 1 saturated heterocycles. The molecule has 0 saturated carbocycles. The highest BCUT2D eigenvalue weighted by atomic mass is 32.1. The molecule has 7 nitrogen and oxygen atoms in total. The number of nitrogens with zero attached hydrogens (tertiary/aromatic N) is 3. The van der Waals surface area contributed by atoms with Crippen LogP contribution < -0.4 is 9.64 Å². The van der Waals surface area contributed by atoms with Gasteiger partial charge >= 0.3 is 5.91 Å². The molecular formula is C26H19N3O4S. The zero-order valence-corrected chi connectivity index (χ0v) is 18.9. The minimum atomic E-state index is -0.896. The van der Waals surface area contributed by atoms with Crippen molar-refractivity contribution in [2.45, 2.75) is 13.0 Å². The number of para-hydroxylation sites is 1. The minimum absolute atomic E-state index is 0.0130. The predicted octanol–water partition coefficient (Wildman–Crippen LogP) is 5.27. The van der Waals surface area contributed by atoms with Crippen LogP contribution in [0.1, 0.15) is 22.2 Å². The third-order valence-electron chi connectivity index (χ3n) is 5.37. The van der Waals surface area contributed by atoms with Crippen molar-refractivity contribution in [2.75, 3.05) is 4.90 Å². The van der Waals surface area contributed by atoms with Gasteiger partial charge in [-0.15, -0.1) is 10.2 Å². The third-order valence-corrected chi connectivity index (χ3v) is 6.20. The smallest absolute Gasteiger partial charge is 0.301 e. The number of carbonyl (C=O) groups is 2. The topological polar surface area (TPSA) is 92.6 Å². The number of anilines is 1. The number of hydrogen-bond acceptors (Lipinski definition) is 7. The molecule has 1 atom stereocenters. The average Bonchev–Trinajstić information content (AvgIpc) is 3.40. The third kappa shape index (κ3) is 3.95. The van der Waals surface area contributed by atoms with Gasteiger partial charge in [-0.1, -0.05) is 72.0 Å². The number of aliphatic hydroxyl groups is 1. The van der Waals surface area contributed by atoms with E-state index in [0.29, 0.717) is 27.6 Å². The number of aromatic nitrogens is 2. The zero-order chi connectivity index (χ0) is 23.7. The molecule has 1 N–H and O–H groups in total. The highest BCUT2D eigenvalue weighted by Gasteiger charge is 2.48. The monoisotopic (exact) mass is 469 g/mol. The van der Waals surface area contributed by atoms with Crippen molar-refractivity contribution in [3.63, 3.8) is 0 Å². The van der Waals surface area contributed by atoms with Crippen LogP contribution in [0.4, 0.5) is 5.13 Å². The van der Waals surface area contributed by atoms with Crippen LogP contribution in [0, 0.1) is 6.92 Å². The summed E-state index contributed by atoms with van der Waals surface area (Å²) in [7, 11) is 0. The largest absolute Gasteiger partial charge is 0.507 e. The standard InChI is InChI=1S/C26H19N3O4S/c1-16-27-28-26(34-16)29-22(18-11-8-14-20(15-18)33-19-12-6-3-7-13-19)21(24(31)25(29)32)23(30)17-9-4-2-5-10-17/h2-15,22,30H,1H3/b23-21+. The summed E-state index contributed by atoms with van der Waals surface area (Å²) in [4.78, 5) is 27.6. The number of aliphatic hydroxyl groups excluding tert-OH is 1. The van der Waals surface area contributed by atoms with Crippen molar-refractivity contribution in [3.8, 4) is 11.5 Å². The van der Waals surface area contributed by atoms with Crippen molar-refractivity contribution in [3.05, 3.63) is 107 Å². The van der Waals surface area contributed by atoms with Crippen LogP contribution in [0.3, 0.4) is 0 Å². The molecule has 4 aromatic rings. The summed E-state index contributed by atoms with van der Waals surface area (Å²) < 4.78 is 5.97. The second-order valence-electron chi connectivity index (χ2n) is 7.63. The normalized spacial score (nSPS) is 17.2. The first-order valence-electron chi connectivity index (χ1n) is 10.5. The summed E-state index contributed by atoms with van der Waals surface area (Å²) in [6, 6.07) is 24.2. The minimum Gasteiger partial charge on any atom is -0.507 e. The van der Waals surface area contributed by atoms with Gasteiger partial charge in [0.25, 0.3) is 5.78 Å². The molecule has 1 aliphatic heterocycles. The predicted molar refractivity (Wildman–Crippen MR) is 129 cm³/mol. The second kappa shape index (κ2) is 8.92. The fourth-order valence-electron chi connectivity index (χ4n) is 3.85. The molecular weight excluding hydrogens is 450 g/mol. The van der Waals surface area contributed by atoms with E-state index in [1.165, 1.54) is 16.2 Å². The fraction of sp³-hybridized carbons (Fsp3) is 0.0769. The van der Waals surface area contributed by atoms with Gasteiger partial charge in [0, 0.05) is 5.56 Å². The molecule has 1 amide bonds. The number of Topliss-reactive ketones (excluding diaryl/α,β-unsaturated/α-hetero) is 1. The molecule has 1 aromatic heterocycles. The number of rotatable bonds is 5. The van der Waals surface area contributed by atoms with Gasteiger partial charge in [-0.2, -0.15) is 0 Å². The van der Waals surface area contributed by atoms with E-state index in [1.54, 1.807) is 61.5 Å². The molecule has 0 spiro atoms. The first kappa shape index (κ1) is 21.5. The van der Waals surface area contributed by atoms with Crippen LogP contribution in [-0.4, -0.2) is 27.0 Å². The van der Waals surface area contributed by atoms with E-state index in [0.717, 1.165) is 0 Å². The Kier molecular flexibility index (Phi) is 5.65. The molecule has 0 radical (unpaired) electrons.